The molecule has 1 aliphatic carbocycles. The largest absolute Gasteiger partial charge is 0.472 e. The molecule has 0 spiro atoms. The molecular formula is C45H83O13P. The molecule has 13 nitrogen and oxygen atoms in total. The van der Waals surface area contributed by atoms with Gasteiger partial charge in [0.1, 0.15) is 43.2 Å². The lowest BCUT2D eigenvalue weighted by Gasteiger charge is -2.41. The Labute approximate surface area is 356 Å². The fraction of sp³-hybridized carbons (Fsp3) is 0.867. The molecular weight excluding hydrogens is 779 g/mol. The number of unbranched alkanes of at least 4 members (excludes halogenated alkanes) is 24. The second-order valence-electron chi connectivity index (χ2n) is 16.3. The van der Waals surface area contributed by atoms with Crippen LogP contribution < -0.4 is 0 Å². The zero-order chi connectivity index (χ0) is 43.6. The number of hydrogen-bond donors (Lipinski definition) is 6. The Morgan fingerprint density at radius 1 is 0.559 bits per heavy atom. The van der Waals surface area contributed by atoms with Gasteiger partial charge in [-0.05, 0) is 51.4 Å². The molecule has 0 saturated heterocycles. The van der Waals surface area contributed by atoms with E-state index < -0.39 is 75.7 Å². The quantitative estimate of drug-likeness (QED) is 0.0148. The van der Waals surface area contributed by atoms with E-state index in [0.29, 0.717) is 12.8 Å². The molecule has 0 aromatic heterocycles. The van der Waals surface area contributed by atoms with Gasteiger partial charge in [0.15, 0.2) is 6.10 Å². The molecule has 346 valence electrons. The number of phosphoric ester groups is 1. The second kappa shape index (κ2) is 35.9. The Morgan fingerprint density at radius 2 is 0.949 bits per heavy atom. The highest BCUT2D eigenvalue weighted by atomic mass is 31.2. The number of rotatable bonds is 39. The third kappa shape index (κ3) is 28.5. The Kier molecular flexibility index (Phi) is 33.7. The van der Waals surface area contributed by atoms with E-state index in [0.717, 1.165) is 64.2 Å². The highest BCUT2D eigenvalue weighted by Crippen LogP contribution is 2.47. The smallest absolute Gasteiger partial charge is 0.462 e. The minimum absolute atomic E-state index is 0.0882. The molecule has 0 aromatic rings. The van der Waals surface area contributed by atoms with Gasteiger partial charge in [-0.25, -0.2) is 4.57 Å². The topological polar surface area (TPSA) is 210 Å². The molecule has 6 unspecified atom stereocenters. The maximum Gasteiger partial charge on any atom is 0.472 e. The normalized spacial score (nSPS) is 22.3. The molecule has 0 radical (unpaired) electrons. The average molecular weight is 863 g/mol. The van der Waals surface area contributed by atoms with Gasteiger partial charge in [-0.2, -0.15) is 0 Å². The van der Waals surface area contributed by atoms with Crippen molar-refractivity contribution in [1.29, 1.82) is 0 Å². The van der Waals surface area contributed by atoms with Crippen LogP contribution in [0, 0.1) is 0 Å². The summed E-state index contributed by atoms with van der Waals surface area (Å²) < 4.78 is 33.5. The highest BCUT2D eigenvalue weighted by Gasteiger charge is 2.51. The van der Waals surface area contributed by atoms with Crippen molar-refractivity contribution in [3.8, 4) is 0 Å². The Hall–Kier alpha value is -1.67. The maximum absolute atomic E-state index is 12.8. The minimum atomic E-state index is -5.12. The number of carbonyl (C=O) groups excluding carboxylic acids is 2. The van der Waals surface area contributed by atoms with Gasteiger partial charge in [0, 0.05) is 12.8 Å². The van der Waals surface area contributed by atoms with Crippen molar-refractivity contribution < 1.29 is 63.1 Å². The first-order valence-electron chi connectivity index (χ1n) is 23.1. The van der Waals surface area contributed by atoms with Crippen LogP contribution in [0.25, 0.3) is 0 Å². The number of hydrogen-bond acceptors (Lipinski definition) is 12. The lowest BCUT2D eigenvalue weighted by Crippen LogP contribution is -2.64. The summed E-state index contributed by atoms with van der Waals surface area (Å²) in [6, 6.07) is 0. The average Bonchev–Trinajstić information content (AvgIpc) is 3.21. The minimum Gasteiger partial charge on any atom is -0.462 e. The number of allylic oxidation sites excluding steroid dienone is 3. The van der Waals surface area contributed by atoms with Crippen molar-refractivity contribution in [1.82, 2.24) is 0 Å². The SMILES string of the molecule is C=CCCCCCCCCCCCCCCCC(=O)OC[C@H](COP(=O)(O)OC1C(O)C(O)C(O)[C@@H](O)C1O)OC(=O)CCCCCCC/C=C/CCCCCCCC. The molecule has 1 saturated carbocycles. The van der Waals surface area contributed by atoms with Crippen molar-refractivity contribution in [3.63, 3.8) is 0 Å². The summed E-state index contributed by atoms with van der Waals surface area (Å²) in [5, 5.41) is 50.1. The molecule has 0 heterocycles. The molecule has 8 atom stereocenters. The predicted molar refractivity (Wildman–Crippen MR) is 230 cm³/mol. The molecule has 6 N–H and O–H groups in total. The Bertz CT molecular complexity index is 1120. The summed E-state index contributed by atoms with van der Waals surface area (Å²) >= 11 is 0. The van der Waals surface area contributed by atoms with Gasteiger partial charge in [0.05, 0.1) is 6.61 Å². The van der Waals surface area contributed by atoms with E-state index in [1.54, 1.807) is 0 Å². The zero-order valence-corrected chi connectivity index (χ0v) is 37.3. The van der Waals surface area contributed by atoms with Crippen LogP contribution >= 0.6 is 7.82 Å². The molecule has 1 aliphatic rings. The summed E-state index contributed by atoms with van der Waals surface area (Å²) in [6.45, 7) is 4.82. The van der Waals surface area contributed by atoms with Gasteiger partial charge in [-0.15, -0.1) is 6.58 Å². The summed E-state index contributed by atoms with van der Waals surface area (Å²) in [4.78, 5) is 35.7. The van der Waals surface area contributed by atoms with Crippen molar-refractivity contribution in [2.24, 2.45) is 0 Å². The monoisotopic (exact) mass is 863 g/mol. The standard InChI is InChI=1S/C45H83O13P/c1-3-5-7-9-11-13-15-17-19-21-23-25-27-29-31-33-38(46)55-35-37(36-56-59(53,54)58-45-43(51)41(49)40(48)42(50)44(45)52)57-39(47)34-32-30-28-26-24-22-20-18-16-14-12-10-8-6-4-2/h3,18,20,37,40-45,48-52H,1,4-17,19,21-36H2,2H3,(H,53,54)/b20-18+/t37-,40?,41-,42?,43?,44?,45?/m1/s1. The van der Waals surface area contributed by atoms with Crippen LogP contribution in [0.15, 0.2) is 24.8 Å². The van der Waals surface area contributed by atoms with Crippen LogP contribution in [-0.4, -0.2) is 98.3 Å². The molecule has 14 heteroatoms. The maximum atomic E-state index is 12.8. The van der Waals surface area contributed by atoms with Crippen LogP contribution in [0.5, 0.6) is 0 Å². The van der Waals surface area contributed by atoms with E-state index in [2.05, 4.69) is 25.7 Å². The molecule has 0 aliphatic heterocycles. The first-order valence-corrected chi connectivity index (χ1v) is 24.6. The van der Waals surface area contributed by atoms with Gasteiger partial charge in [-0.3, -0.25) is 18.6 Å². The first-order chi connectivity index (χ1) is 28.4. The summed E-state index contributed by atoms with van der Waals surface area (Å²) in [5.74, 6) is -1.11. The van der Waals surface area contributed by atoms with E-state index in [-0.39, 0.29) is 12.8 Å². The number of esters is 2. The van der Waals surface area contributed by atoms with Crippen molar-refractivity contribution in [3.05, 3.63) is 24.8 Å². The lowest BCUT2D eigenvalue weighted by molar-refractivity contribution is -0.220. The molecule has 1 rings (SSSR count). The van der Waals surface area contributed by atoms with Crippen LogP contribution in [0.4, 0.5) is 0 Å². The second-order valence-corrected chi connectivity index (χ2v) is 17.7. The van der Waals surface area contributed by atoms with E-state index in [1.807, 2.05) is 6.08 Å². The lowest BCUT2D eigenvalue weighted by atomic mass is 9.85. The van der Waals surface area contributed by atoms with Crippen LogP contribution in [0.1, 0.15) is 193 Å². The van der Waals surface area contributed by atoms with Crippen molar-refractivity contribution in [2.45, 2.75) is 236 Å². The van der Waals surface area contributed by atoms with E-state index in [9.17, 15) is 44.6 Å². The third-order valence-electron chi connectivity index (χ3n) is 10.9. The Balaban J connectivity index is 2.45. The highest BCUT2D eigenvalue weighted by molar-refractivity contribution is 7.47. The van der Waals surface area contributed by atoms with E-state index in [1.165, 1.54) is 96.3 Å². The molecule has 0 amide bonds. The number of carbonyl (C=O) groups is 2. The fourth-order valence-corrected chi connectivity index (χ4v) is 8.12. The van der Waals surface area contributed by atoms with Crippen molar-refractivity contribution in [2.75, 3.05) is 13.2 Å². The fourth-order valence-electron chi connectivity index (χ4n) is 7.14. The van der Waals surface area contributed by atoms with Crippen molar-refractivity contribution >= 4 is 19.8 Å². The molecule has 59 heavy (non-hydrogen) atoms. The summed E-state index contributed by atoms with van der Waals surface area (Å²) in [5.41, 5.74) is 0. The molecule has 0 bridgehead atoms. The summed E-state index contributed by atoms with van der Waals surface area (Å²) in [6.07, 6.45) is 24.1. The molecule has 0 aromatic carbocycles. The van der Waals surface area contributed by atoms with Gasteiger partial charge < -0.3 is 39.9 Å². The van der Waals surface area contributed by atoms with Gasteiger partial charge in [-0.1, -0.05) is 147 Å². The van der Waals surface area contributed by atoms with Crippen LogP contribution in [-0.2, 0) is 32.7 Å². The Morgan fingerprint density at radius 3 is 1.41 bits per heavy atom. The van der Waals surface area contributed by atoms with Gasteiger partial charge >= 0.3 is 19.8 Å². The van der Waals surface area contributed by atoms with E-state index in [4.69, 9.17) is 18.5 Å². The molecule has 1 fully saturated rings. The van der Waals surface area contributed by atoms with Gasteiger partial charge in [0.25, 0.3) is 0 Å². The zero-order valence-electron chi connectivity index (χ0n) is 36.4. The van der Waals surface area contributed by atoms with Gasteiger partial charge in [0.2, 0.25) is 0 Å². The van der Waals surface area contributed by atoms with Crippen LogP contribution in [0.2, 0.25) is 0 Å². The number of phosphoric acid groups is 1. The number of aliphatic hydroxyl groups is 5. The van der Waals surface area contributed by atoms with E-state index >= 15 is 0 Å². The first kappa shape index (κ1) is 55.3. The number of ether oxygens (including phenoxy) is 2. The number of aliphatic hydroxyl groups excluding tert-OH is 5. The van der Waals surface area contributed by atoms with Crippen LogP contribution in [0.3, 0.4) is 0 Å². The summed E-state index contributed by atoms with van der Waals surface area (Å²) in [7, 11) is -5.12. The third-order valence-corrected chi connectivity index (χ3v) is 11.9. The predicted octanol–water partition coefficient (Wildman–Crippen LogP) is 8.84.